The van der Waals surface area contributed by atoms with E-state index in [1.54, 1.807) is 30.3 Å². The quantitative estimate of drug-likeness (QED) is 0.153. The van der Waals surface area contributed by atoms with Gasteiger partial charge in [0.15, 0.2) is 0 Å². The van der Waals surface area contributed by atoms with Crippen molar-refractivity contribution in [3.05, 3.63) is 48.0 Å². The second-order valence-electron chi connectivity index (χ2n) is 6.93. The SMILES string of the molecule is C=C(CC(C(=O)OC)(C(=O)OC)C(=O)OCc1ccccc1)C(=O)OCCCCCC. The van der Waals surface area contributed by atoms with Gasteiger partial charge in [0.2, 0.25) is 0 Å². The first-order valence-corrected chi connectivity index (χ1v) is 10.1. The van der Waals surface area contributed by atoms with Gasteiger partial charge in [-0.1, -0.05) is 63.1 Å². The van der Waals surface area contributed by atoms with Crippen LogP contribution in [0.15, 0.2) is 42.5 Å². The van der Waals surface area contributed by atoms with Gasteiger partial charge in [0.1, 0.15) is 6.61 Å². The van der Waals surface area contributed by atoms with Crippen LogP contribution in [0.5, 0.6) is 0 Å². The number of hydrogen-bond donors (Lipinski definition) is 0. The van der Waals surface area contributed by atoms with E-state index in [1.807, 2.05) is 0 Å². The lowest BCUT2D eigenvalue weighted by molar-refractivity contribution is -0.182. The maximum absolute atomic E-state index is 12.9. The van der Waals surface area contributed by atoms with Gasteiger partial charge < -0.3 is 18.9 Å². The fraction of sp³-hybridized carbons (Fsp3) is 0.478. The highest BCUT2D eigenvalue weighted by molar-refractivity contribution is 6.18. The molecule has 0 N–H and O–H groups in total. The Kier molecular flexibility index (Phi) is 11.0. The molecule has 0 saturated carbocycles. The van der Waals surface area contributed by atoms with Crippen LogP contribution in [0, 0.1) is 5.41 Å². The average molecular weight is 434 g/mol. The molecule has 31 heavy (non-hydrogen) atoms. The molecule has 0 aliphatic rings. The van der Waals surface area contributed by atoms with E-state index >= 15 is 0 Å². The minimum absolute atomic E-state index is 0.166. The highest BCUT2D eigenvalue weighted by Crippen LogP contribution is 2.32. The van der Waals surface area contributed by atoms with Crippen LogP contribution in [0.2, 0.25) is 0 Å². The van der Waals surface area contributed by atoms with E-state index < -0.39 is 35.7 Å². The summed E-state index contributed by atoms with van der Waals surface area (Å²) in [5, 5.41) is 0. The van der Waals surface area contributed by atoms with Gasteiger partial charge in [-0.2, -0.15) is 0 Å². The molecule has 1 aromatic rings. The molecule has 0 amide bonds. The fourth-order valence-corrected chi connectivity index (χ4v) is 2.85. The van der Waals surface area contributed by atoms with E-state index in [2.05, 4.69) is 23.0 Å². The minimum atomic E-state index is -2.53. The summed E-state index contributed by atoms with van der Waals surface area (Å²) in [5.74, 6) is -4.44. The van der Waals surface area contributed by atoms with E-state index in [1.165, 1.54) is 0 Å². The number of ether oxygens (including phenoxy) is 4. The van der Waals surface area contributed by atoms with E-state index in [9.17, 15) is 19.2 Å². The lowest BCUT2D eigenvalue weighted by Gasteiger charge is -2.26. The average Bonchev–Trinajstić information content (AvgIpc) is 2.80. The van der Waals surface area contributed by atoms with Gasteiger partial charge in [0, 0.05) is 12.0 Å². The molecule has 0 unspecified atom stereocenters. The Balaban J connectivity index is 3.00. The van der Waals surface area contributed by atoms with Crippen LogP contribution in [0.25, 0.3) is 0 Å². The predicted molar refractivity (Wildman–Crippen MR) is 112 cm³/mol. The summed E-state index contributed by atoms with van der Waals surface area (Å²) in [6.45, 7) is 5.63. The Morgan fingerprint density at radius 2 is 1.48 bits per heavy atom. The monoisotopic (exact) mass is 434 g/mol. The molecular weight excluding hydrogens is 404 g/mol. The predicted octanol–water partition coefficient (Wildman–Crippen LogP) is 3.13. The lowest BCUT2D eigenvalue weighted by atomic mass is 9.81. The Hall–Kier alpha value is -3.16. The first-order chi connectivity index (χ1) is 14.8. The van der Waals surface area contributed by atoms with Crippen molar-refractivity contribution in [2.75, 3.05) is 20.8 Å². The third kappa shape index (κ3) is 7.24. The summed E-state index contributed by atoms with van der Waals surface area (Å²) in [6, 6.07) is 8.70. The fourth-order valence-electron chi connectivity index (χ4n) is 2.85. The third-order valence-corrected chi connectivity index (χ3v) is 4.63. The second-order valence-corrected chi connectivity index (χ2v) is 6.93. The van der Waals surface area contributed by atoms with Crippen molar-refractivity contribution in [2.45, 2.75) is 45.6 Å². The van der Waals surface area contributed by atoms with Crippen molar-refractivity contribution in [1.82, 2.24) is 0 Å². The van der Waals surface area contributed by atoms with Gasteiger partial charge in [0.05, 0.1) is 20.8 Å². The molecule has 8 heteroatoms. The Morgan fingerprint density at radius 3 is 2.03 bits per heavy atom. The Morgan fingerprint density at radius 1 is 0.871 bits per heavy atom. The topological polar surface area (TPSA) is 105 Å². The summed E-state index contributed by atoms with van der Waals surface area (Å²) in [7, 11) is 2.03. The molecular formula is C23H30O8. The number of hydrogen-bond acceptors (Lipinski definition) is 8. The number of rotatable bonds is 13. The molecule has 1 rings (SSSR count). The zero-order valence-electron chi connectivity index (χ0n) is 18.3. The number of unbranched alkanes of at least 4 members (excludes halogenated alkanes) is 3. The van der Waals surface area contributed by atoms with E-state index in [-0.39, 0.29) is 18.8 Å². The Bertz CT molecular complexity index is 753. The zero-order chi connectivity index (χ0) is 23.3. The molecule has 0 fully saturated rings. The summed E-state index contributed by atoms with van der Waals surface area (Å²) in [5.41, 5.74) is -2.14. The summed E-state index contributed by atoms with van der Waals surface area (Å²) < 4.78 is 19.7. The van der Waals surface area contributed by atoms with E-state index in [0.717, 1.165) is 33.5 Å². The first kappa shape index (κ1) is 25.9. The molecule has 0 saturated heterocycles. The van der Waals surface area contributed by atoms with Crippen molar-refractivity contribution < 1.29 is 38.1 Å². The largest absolute Gasteiger partial charge is 0.468 e. The van der Waals surface area contributed by atoms with Crippen LogP contribution in [0.3, 0.4) is 0 Å². The van der Waals surface area contributed by atoms with Crippen LogP contribution in [-0.2, 0) is 44.7 Å². The highest BCUT2D eigenvalue weighted by atomic mass is 16.6. The van der Waals surface area contributed by atoms with E-state index in [0.29, 0.717) is 12.0 Å². The summed E-state index contributed by atoms with van der Waals surface area (Å²) in [4.78, 5) is 50.3. The number of carbonyl (C=O) groups excluding carboxylic acids is 4. The maximum Gasteiger partial charge on any atom is 0.335 e. The molecule has 170 valence electrons. The molecule has 0 aromatic heterocycles. The number of carbonyl (C=O) groups is 4. The third-order valence-electron chi connectivity index (χ3n) is 4.63. The van der Waals surface area contributed by atoms with Gasteiger partial charge in [-0.3, -0.25) is 14.4 Å². The van der Waals surface area contributed by atoms with Crippen LogP contribution in [-0.4, -0.2) is 44.7 Å². The molecule has 0 bridgehead atoms. The van der Waals surface area contributed by atoms with Crippen LogP contribution in [0.1, 0.15) is 44.6 Å². The first-order valence-electron chi connectivity index (χ1n) is 10.1. The van der Waals surface area contributed by atoms with Crippen molar-refractivity contribution in [3.63, 3.8) is 0 Å². The van der Waals surface area contributed by atoms with Crippen molar-refractivity contribution in [1.29, 1.82) is 0 Å². The number of benzene rings is 1. The van der Waals surface area contributed by atoms with Crippen molar-refractivity contribution >= 4 is 23.9 Å². The second kappa shape index (κ2) is 13.2. The Labute approximate surface area is 182 Å². The van der Waals surface area contributed by atoms with Gasteiger partial charge in [-0.25, -0.2) is 4.79 Å². The normalized spacial score (nSPS) is 10.7. The lowest BCUT2D eigenvalue weighted by Crippen LogP contribution is -2.49. The number of esters is 4. The van der Waals surface area contributed by atoms with Gasteiger partial charge in [-0.15, -0.1) is 0 Å². The molecule has 0 aliphatic carbocycles. The highest BCUT2D eigenvalue weighted by Gasteiger charge is 2.58. The smallest absolute Gasteiger partial charge is 0.335 e. The van der Waals surface area contributed by atoms with Crippen molar-refractivity contribution in [2.24, 2.45) is 5.41 Å². The molecule has 8 nitrogen and oxygen atoms in total. The van der Waals surface area contributed by atoms with Gasteiger partial charge in [-0.05, 0) is 12.0 Å². The molecule has 0 atom stereocenters. The van der Waals surface area contributed by atoms with Gasteiger partial charge >= 0.3 is 23.9 Å². The zero-order valence-corrected chi connectivity index (χ0v) is 18.3. The van der Waals surface area contributed by atoms with Crippen molar-refractivity contribution in [3.8, 4) is 0 Å². The molecule has 0 spiro atoms. The standard InChI is InChI=1S/C23H30O8/c1-5-6-7-11-14-30-19(24)17(2)15-23(20(25)28-3,21(26)29-4)22(27)31-16-18-12-9-8-10-13-18/h8-10,12-13H,2,5-7,11,14-16H2,1,3-4H3. The maximum atomic E-state index is 12.9. The molecule has 1 aromatic carbocycles. The minimum Gasteiger partial charge on any atom is -0.468 e. The van der Waals surface area contributed by atoms with Crippen LogP contribution < -0.4 is 0 Å². The molecule has 0 radical (unpaired) electrons. The number of methoxy groups -OCH3 is 2. The van der Waals surface area contributed by atoms with Crippen LogP contribution in [0.4, 0.5) is 0 Å². The summed E-state index contributed by atoms with van der Waals surface area (Å²) in [6.07, 6.45) is 2.93. The summed E-state index contributed by atoms with van der Waals surface area (Å²) >= 11 is 0. The van der Waals surface area contributed by atoms with E-state index in [4.69, 9.17) is 9.47 Å². The molecule has 0 heterocycles. The van der Waals surface area contributed by atoms with Gasteiger partial charge in [0.25, 0.3) is 5.41 Å². The van der Waals surface area contributed by atoms with Crippen LogP contribution >= 0.6 is 0 Å². The molecule has 0 aliphatic heterocycles.